The van der Waals surface area contributed by atoms with E-state index < -0.39 is 0 Å². The molecule has 16 heavy (non-hydrogen) atoms. The van der Waals surface area contributed by atoms with Crippen LogP contribution in [-0.2, 0) is 11.2 Å². The second kappa shape index (κ2) is 5.69. The molecule has 0 aromatic heterocycles. The van der Waals surface area contributed by atoms with Crippen LogP contribution in [-0.4, -0.2) is 11.8 Å². The Hall–Kier alpha value is -1.31. The molecule has 1 N–H and O–H groups in total. The summed E-state index contributed by atoms with van der Waals surface area (Å²) in [5.74, 6) is 0.415. The summed E-state index contributed by atoms with van der Waals surface area (Å²) < 4.78 is 0. The predicted molar refractivity (Wildman–Crippen MR) is 68.7 cm³/mol. The summed E-state index contributed by atoms with van der Waals surface area (Å²) in [6.45, 7) is 8.10. The number of hydrogen-bond acceptors (Lipinski definition) is 2. The molecule has 0 bridgehead atoms. The third kappa shape index (κ3) is 4.05. The SMILES string of the molecule is CC(C)Nc1ccc(CC(=O)C(C)C)cc1. The zero-order chi connectivity index (χ0) is 12.1. The van der Waals surface area contributed by atoms with Crippen molar-refractivity contribution in [3.63, 3.8) is 0 Å². The molecule has 2 nitrogen and oxygen atoms in total. The minimum Gasteiger partial charge on any atom is -0.383 e. The monoisotopic (exact) mass is 219 g/mol. The number of carbonyl (C=O) groups excluding carboxylic acids is 1. The van der Waals surface area contributed by atoms with Crippen LogP contribution in [0.2, 0.25) is 0 Å². The van der Waals surface area contributed by atoms with Crippen LogP contribution in [0.15, 0.2) is 24.3 Å². The largest absolute Gasteiger partial charge is 0.383 e. The normalized spacial score (nSPS) is 10.9. The molecule has 0 saturated heterocycles. The Balaban J connectivity index is 2.61. The summed E-state index contributed by atoms with van der Waals surface area (Å²) in [5.41, 5.74) is 2.20. The lowest BCUT2D eigenvalue weighted by Crippen LogP contribution is -2.11. The van der Waals surface area contributed by atoms with Gasteiger partial charge in [-0.2, -0.15) is 0 Å². The molecule has 0 fully saturated rings. The Kier molecular flexibility index (Phi) is 4.53. The topological polar surface area (TPSA) is 29.1 Å². The van der Waals surface area contributed by atoms with Gasteiger partial charge in [-0.05, 0) is 31.5 Å². The first-order chi connectivity index (χ1) is 7.49. The Morgan fingerprint density at radius 3 is 2.12 bits per heavy atom. The Bertz CT molecular complexity index is 338. The Morgan fingerprint density at radius 2 is 1.69 bits per heavy atom. The van der Waals surface area contributed by atoms with E-state index in [1.807, 2.05) is 38.1 Å². The van der Waals surface area contributed by atoms with Gasteiger partial charge in [0, 0.05) is 24.1 Å². The van der Waals surface area contributed by atoms with Gasteiger partial charge < -0.3 is 5.32 Å². The van der Waals surface area contributed by atoms with Gasteiger partial charge >= 0.3 is 0 Å². The molecule has 0 radical (unpaired) electrons. The second-order valence-corrected chi connectivity index (χ2v) is 4.79. The molecule has 0 heterocycles. The minimum atomic E-state index is 0.119. The van der Waals surface area contributed by atoms with Gasteiger partial charge in [0.05, 0.1) is 0 Å². The van der Waals surface area contributed by atoms with Gasteiger partial charge in [-0.3, -0.25) is 4.79 Å². The van der Waals surface area contributed by atoms with Gasteiger partial charge in [0.2, 0.25) is 0 Å². The van der Waals surface area contributed by atoms with E-state index >= 15 is 0 Å². The molecule has 88 valence electrons. The summed E-state index contributed by atoms with van der Waals surface area (Å²) in [5, 5.41) is 3.32. The van der Waals surface area contributed by atoms with Crippen LogP contribution < -0.4 is 5.32 Å². The fraction of sp³-hybridized carbons (Fsp3) is 0.500. The van der Waals surface area contributed by atoms with E-state index in [4.69, 9.17) is 0 Å². The maximum absolute atomic E-state index is 11.6. The summed E-state index contributed by atoms with van der Waals surface area (Å²) in [7, 11) is 0. The van der Waals surface area contributed by atoms with E-state index in [2.05, 4.69) is 19.2 Å². The van der Waals surface area contributed by atoms with E-state index in [-0.39, 0.29) is 5.92 Å². The van der Waals surface area contributed by atoms with Crippen molar-refractivity contribution in [2.24, 2.45) is 5.92 Å². The van der Waals surface area contributed by atoms with Crippen LogP contribution in [0.25, 0.3) is 0 Å². The van der Waals surface area contributed by atoms with Crippen molar-refractivity contribution in [3.8, 4) is 0 Å². The molecule has 0 saturated carbocycles. The second-order valence-electron chi connectivity index (χ2n) is 4.79. The molecule has 0 atom stereocenters. The quantitative estimate of drug-likeness (QED) is 0.823. The van der Waals surface area contributed by atoms with E-state index in [9.17, 15) is 4.79 Å². The van der Waals surface area contributed by atoms with Crippen LogP contribution >= 0.6 is 0 Å². The first kappa shape index (κ1) is 12.8. The smallest absolute Gasteiger partial charge is 0.139 e. The summed E-state index contributed by atoms with van der Waals surface area (Å²) in [6.07, 6.45) is 0.541. The highest BCUT2D eigenvalue weighted by Gasteiger charge is 2.07. The third-order valence-corrected chi connectivity index (χ3v) is 2.43. The number of rotatable bonds is 5. The Labute approximate surface area is 98.1 Å². The van der Waals surface area contributed by atoms with Crippen molar-refractivity contribution in [2.45, 2.75) is 40.2 Å². The van der Waals surface area contributed by atoms with E-state index in [1.54, 1.807) is 0 Å². The molecule has 0 amide bonds. The van der Waals surface area contributed by atoms with Gasteiger partial charge in [0.25, 0.3) is 0 Å². The molecule has 0 unspecified atom stereocenters. The molecular weight excluding hydrogens is 198 g/mol. The number of carbonyl (C=O) groups is 1. The molecule has 0 aliphatic carbocycles. The van der Waals surface area contributed by atoms with Crippen molar-refractivity contribution in [2.75, 3.05) is 5.32 Å². The number of benzene rings is 1. The van der Waals surface area contributed by atoms with Crippen molar-refractivity contribution in [1.29, 1.82) is 0 Å². The van der Waals surface area contributed by atoms with Gasteiger partial charge in [-0.15, -0.1) is 0 Å². The summed E-state index contributed by atoms with van der Waals surface area (Å²) in [4.78, 5) is 11.6. The highest BCUT2D eigenvalue weighted by molar-refractivity contribution is 5.82. The molecule has 1 aromatic carbocycles. The van der Waals surface area contributed by atoms with E-state index in [0.717, 1.165) is 11.3 Å². The summed E-state index contributed by atoms with van der Waals surface area (Å²) in [6, 6.07) is 8.53. The number of hydrogen-bond donors (Lipinski definition) is 1. The zero-order valence-corrected chi connectivity index (χ0v) is 10.6. The first-order valence-electron chi connectivity index (χ1n) is 5.87. The van der Waals surface area contributed by atoms with Crippen LogP contribution in [0, 0.1) is 5.92 Å². The average Bonchev–Trinajstić information content (AvgIpc) is 2.20. The average molecular weight is 219 g/mol. The lowest BCUT2D eigenvalue weighted by molar-refractivity contribution is -0.121. The van der Waals surface area contributed by atoms with Gasteiger partial charge in [0.15, 0.2) is 0 Å². The van der Waals surface area contributed by atoms with E-state index in [0.29, 0.717) is 18.2 Å². The molecule has 0 spiro atoms. The molecule has 1 aromatic rings. The van der Waals surface area contributed by atoms with Crippen LogP contribution in [0.4, 0.5) is 5.69 Å². The molecule has 1 rings (SSSR count). The lowest BCUT2D eigenvalue weighted by atomic mass is 10.0. The molecule has 0 aliphatic heterocycles. The Morgan fingerprint density at radius 1 is 1.12 bits per heavy atom. The van der Waals surface area contributed by atoms with Crippen molar-refractivity contribution in [3.05, 3.63) is 29.8 Å². The van der Waals surface area contributed by atoms with Crippen LogP contribution in [0.3, 0.4) is 0 Å². The lowest BCUT2D eigenvalue weighted by Gasteiger charge is -2.10. The molecular formula is C14H21NO. The predicted octanol–water partition coefficient (Wildman–Crippen LogP) is 3.27. The highest BCUT2D eigenvalue weighted by atomic mass is 16.1. The van der Waals surface area contributed by atoms with E-state index in [1.165, 1.54) is 0 Å². The molecule has 2 heteroatoms. The van der Waals surface area contributed by atoms with Gasteiger partial charge in [-0.25, -0.2) is 0 Å². The number of Topliss-reactive ketones (excluding diaryl/α,β-unsaturated/α-hetero) is 1. The fourth-order valence-corrected chi connectivity index (χ4v) is 1.46. The van der Waals surface area contributed by atoms with Crippen molar-refractivity contribution >= 4 is 11.5 Å². The number of anilines is 1. The first-order valence-corrected chi connectivity index (χ1v) is 5.87. The van der Waals surface area contributed by atoms with Crippen molar-refractivity contribution < 1.29 is 4.79 Å². The number of ketones is 1. The maximum Gasteiger partial charge on any atom is 0.139 e. The highest BCUT2D eigenvalue weighted by Crippen LogP contribution is 2.12. The van der Waals surface area contributed by atoms with Crippen LogP contribution in [0.5, 0.6) is 0 Å². The third-order valence-electron chi connectivity index (χ3n) is 2.43. The minimum absolute atomic E-state index is 0.119. The van der Waals surface area contributed by atoms with Crippen molar-refractivity contribution in [1.82, 2.24) is 0 Å². The zero-order valence-electron chi connectivity index (χ0n) is 10.6. The van der Waals surface area contributed by atoms with Crippen LogP contribution in [0.1, 0.15) is 33.3 Å². The standard InChI is InChI=1S/C14H21NO/c1-10(2)14(16)9-12-5-7-13(8-6-12)15-11(3)4/h5-8,10-11,15H,9H2,1-4H3. The van der Waals surface area contributed by atoms with Gasteiger partial charge in [-0.1, -0.05) is 26.0 Å². The van der Waals surface area contributed by atoms with Gasteiger partial charge in [0.1, 0.15) is 5.78 Å². The fourth-order valence-electron chi connectivity index (χ4n) is 1.46. The summed E-state index contributed by atoms with van der Waals surface area (Å²) >= 11 is 0. The number of nitrogens with one attached hydrogen (secondary N) is 1. The molecule has 0 aliphatic rings. The maximum atomic E-state index is 11.6.